The largest absolute Gasteiger partial charge is 0.453 e. The molecule has 0 spiro atoms. The van der Waals surface area contributed by atoms with Crippen molar-refractivity contribution < 1.29 is 24.2 Å². The van der Waals surface area contributed by atoms with E-state index in [0.717, 1.165) is 12.8 Å². The molecule has 0 aliphatic carbocycles. The van der Waals surface area contributed by atoms with E-state index < -0.39 is 12.3 Å². The number of carboxylic acid groups (broad SMARTS) is 1. The summed E-state index contributed by atoms with van der Waals surface area (Å²) >= 11 is 0. The lowest BCUT2D eigenvalue weighted by molar-refractivity contribution is -0.277. The molecule has 0 aliphatic rings. The van der Waals surface area contributed by atoms with Crippen molar-refractivity contribution in [3.63, 3.8) is 0 Å². The van der Waals surface area contributed by atoms with Gasteiger partial charge in [-0.05, 0) is 12.8 Å². The van der Waals surface area contributed by atoms with Crippen LogP contribution in [0.25, 0.3) is 0 Å². The molecule has 0 bridgehead atoms. The van der Waals surface area contributed by atoms with Gasteiger partial charge in [0.15, 0.2) is 0 Å². The zero-order valence-electron chi connectivity index (χ0n) is 8.45. The first kappa shape index (κ1) is 12.7. The molecule has 0 amide bonds. The fourth-order valence-electron chi connectivity index (χ4n) is 1.13. The molecular formula is C9H15O5-. The second-order valence-electron chi connectivity index (χ2n) is 2.92. The van der Waals surface area contributed by atoms with Gasteiger partial charge in [-0.25, -0.2) is 4.79 Å². The number of hydrogen-bond acceptors (Lipinski definition) is 5. The predicted octanol–water partition coefficient (Wildman–Crippen LogP) is 1.45. The van der Waals surface area contributed by atoms with E-state index in [2.05, 4.69) is 4.74 Å². The van der Waals surface area contributed by atoms with Gasteiger partial charge in [0.25, 0.3) is 6.16 Å². The highest BCUT2D eigenvalue weighted by Gasteiger charge is 2.11. The number of rotatable bonds is 5. The highest BCUT2D eigenvalue weighted by Crippen LogP contribution is 2.10. The fourth-order valence-corrected chi connectivity index (χ4v) is 1.13. The van der Waals surface area contributed by atoms with Crippen LogP contribution in [0, 0.1) is 0 Å². The molecule has 5 nitrogen and oxygen atoms in total. The third-order valence-corrected chi connectivity index (χ3v) is 1.65. The Morgan fingerprint density at radius 3 is 2.07 bits per heavy atom. The van der Waals surface area contributed by atoms with Crippen LogP contribution < -0.4 is 5.11 Å². The maximum atomic E-state index is 10.7. The Morgan fingerprint density at radius 1 is 1.21 bits per heavy atom. The monoisotopic (exact) mass is 203 g/mol. The summed E-state index contributed by atoms with van der Waals surface area (Å²) in [5.74, 6) is 0. The molecule has 0 unspecified atom stereocenters. The first-order valence-corrected chi connectivity index (χ1v) is 4.69. The molecule has 0 rings (SSSR count). The van der Waals surface area contributed by atoms with Gasteiger partial charge in [-0.2, -0.15) is 0 Å². The van der Waals surface area contributed by atoms with Crippen molar-refractivity contribution in [2.75, 3.05) is 0 Å². The molecule has 0 aromatic heterocycles. The fraction of sp³-hybridized carbons (Fsp3) is 0.778. The van der Waals surface area contributed by atoms with Gasteiger partial charge >= 0.3 is 6.16 Å². The molecule has 0 atom stereocenters. The van der Waals surface area contributed by atoms with Gasteiger partial charge in [-0.3, -0.25) is 0 Å². The third kappa shape index (κ3) is 6.28. The molecule has 0 radical (unpaired) electrons. The minimum absolute atomic E-state index is 0.267. The molecule has 0 aromatic rings. The van der Waals surface area contributed by atoms with Crippen LogP contribution in [0.3, 0.4) is 0 Å². The van der Waals surface area contributed by atoms with Crippen molar-refractivity contribution in [2.24, 2.45) is 0 Å². The van der Waals surface area contributed by atoms with Crippen LogP contribution >= 0.6 is 0 Å². The van der Waals surface area contributed by atoms with Crippen LogP contribution in [0.2, 0.25) is 0 Å². The van der Waals surface area contributed by atoms with Crippen LogP contribution in [-0.2, 0) is 9.47 Å². The molecule has 5 heteroatoms. The molecular weight excluding hydrogens is 188 g/mol. The number of carbonyl (C=O) groups excluding carboxylic acids is 2. The maximum absolute atomic E-state index is 10.7. The summed E-state index contributed by atoms with van der Waals surface area (Å²) < 4.78 is 8.48. The molecule has 0 saturated heterocycles. The van der Waals surface area contributed by atoms with Crippen LogP contribution in [0.5, 0.6) is 0 Å². The first-order chi connectivity index (χ1) is 6.60. The van der Waals surface area contributed by atoms with Gasteiger partial charge in [0.1, 0.15) is 6.10 Å². The van der Waals surface area contributed by atoms with Crippen LogP contribution in [0.1, 0.15) is 39.5 Å². The Morgan fingerprint density at radius 2 is 1.71 bits per heavy atom. The number of carbonyl (C=O) groups is 2. The van der Waals surface area contributed by atoms with Crippen LogP contribution in [-0.4, -0.2) is 18.4 Å². The highest BCUT2D eigenvalue weighted by molar-refractivity contribution is 5.74. The summed E-state index contributed by atoms with van der Waals surface area (Å²) in [6, 6.07) is 0. The third-order valence-electron chi connectivity index (χ3n) is 1.65. The van der Waals surface area contributed by atoms with E-state index in [1.165, 1.54) is 0 Å². The molecule has 0 saturated carbocycles. The van der Waals surface area contributed by atoms with Crippen molar-refractivity contribution in [1.29, 1.82) is 0 Å². The lowest BCUT2D eigenvalue weighted by atomic mass is 10.1. The van der Waals surface area contributed by atoms with E-state index in [-0.39, 0.29) is 6.10 Å². The van der Waals surface area contributed by atoms with E-state index in [9.17, 15) is 14.7 Å². The average Bonchev–Trinajstić information content (AvgIpc) is 2.03. The number of ether oxygens (including phenoxy) is 2. The average molecular weight is 203 g/mol. The van der Waals surface area contributed by atoms with Crippen molar-refractivity contribution in [1.82, 2.24) is 0 Å². The Hall–Kier alpha value is -1.26. The second-order valence-corrected chi connectivity index (χ2v) is 2.92. The highest BCUT2D eigenvalue weighted by atomic mass is 16.8. The smallest absolute Gasteiger partial charge is 0.434 e. The molecule has 0 fully saturated rings. The van der Waals surface area contributed by atoms with Crippen molar-refractivity contribution in [2.45, 2.75) is 45.6 Å². The Balaban J connectivity index is 3.88. The molecule has 14 heavy (non-hydrogen) atoms. The van der Waals surface area contributed by atoms with E-state index in [1.54, 1.807) is 0 Å². The molecule has 0 aromatic carbocycles. The summed E-state index contributed by atoms with van der Waals surface area (Å²) in [5, 5.41) is 9.87. The minimum Gasteiger partial charge on any atom is -0.453 e. The zero-order chi connectivity index (χ0) is 11.0. The van der Waals surface area contributed by atoms with Crippen molar-refractivity contribution >= 4 is 12.3 Å². The van der Waals surface area contributed by atoms with Gasteiger partial charge in [-0.1, -0.05) is 26.7 Å². The lowest BCUT2D eigenvalue weighted by Crippen LogP contribution is -2.29. The lowest BCUT2D eigenvalue weighted by Gasteiger charge is -2.17. The zero-order valence-corrected chi connectivity index (χ0v) is 8.45. The normalized spacial score (nSPS) is 9.93. The van der Waals surface area contributed by atoms with Crippen LogP contribution in [0.15, 0.2) is 0 Å². The van der Waals surface area contributed by atoms with E-state index in [0.29, 0.717) is 12.8 Å². The minimum atomic E-state index is -1.89. The SMILES string of the molecule is CCCC(CCC)OC(=O)OC(=O)[O-]. The maximum Gasteiger partial charge on any atom is 0.434 e. The molecule has 0 heterocycles. The predicted molar refractivity (Wildman–Crippen MR) is 46.6 cm³/mol. The van der Waals surface area contributed by atoms with Gasteiger partial charge in [0, 0.05) is 0 Å². The van der Waals surface area contributed by atoms with Crippen molar-refractivity contribution in [3.05, 3.63) is 0 Å². The molecule has 0 aliphatic heterocycles. The topological polar surface area (TPSA) is 75.7 Å². The quantitative estimate of drug-likeness (QED) is 0.499. The standard InChI is InChI=1S/C9H16O5/c1-3-5-7(6-4-2)13-9(12)14-8(10)11/h7H,3-6H2,1-2H3,(H,10,11)/p-1. The summed E-state index contributed by atoms with van der Waals surface area (Å²) in [4.78, 5) is 20.6. The number of hydrogen-bond donors (Lipinski definition) is 0. The summed E-state index contributed by atoms with van der Waals surface area (Å²) in [6.07, 6.45) is -0.214. The summed E-state index contributed by atoms with van der Waals surface area (Å²) in [6.45, 7) is 3.91. The van der Waals surface area contributed by atoms with E-state index in [4.69, 9.17) is 4.74 Å². The van der Waals surface area contributed by atoms with E-state index in [1.807, 2.05) is 13.8 Å². The van der Waals surface area contributed by atoms with Gasteiger partial charge in [0.2, 0.25) is 0 Å². The van der Waals surface area contributed by atoms with Crippen molar-refractivity contribution in [3.8, 4) is 0 Å². The van der Waals surface area contributed by atoms with Crippen LogP contribution in [0.4, 0.5) is 9.59 Å². The summed E-state index contributed by atoms with van der Waals surface area (Å²) in [7, 11) is 0. The Kier molecular flexibility index (Phi) is 6.53. The van der Waals surface area contributed by atoms with E-state index >= 15 is 0 Å². The molecule has 0 N–H and O–H groups in total. The Labute approximate surface area is 83.0 Å². The molecule has 82 valence electrons. The summed E-state index contributed by atoms with van der Waals surface area (Å²) in [5.41, 5.74) is 0. The first-order valence-electron chi connectivity index (χ1n) is 4.69. The second kappa shape index (κ2) is 7.17. The van der Waals surface area contributed by atoms with Gasteiger partial charge in [-0.15, -0.1) is 0 Å². The van der Waals surface area contributed by atoms with Gasteiger partial charge in [0.05, 0.1) is 0 Å². The Bertz CT molecular complexity index is 184. The van der Waals surface area contributed by atoms with Gasteiger partial charge < -0.3 is 19.4 Å².